The van der Waals surface area contributed by atoms with Gasteiger partial charge in [0.1, 0.15) is 0 Å². The molecule has 90 valence electrons. The lowest BCUT2D eigenvalue weighted by molar-refractivity contribution is -0.385. The SMILES string of the molecule is CC(=O)Oc1c(C(=O)[O-])cc(Br)cc1[N+](=O)[O-]. The summed E-state index contributed by atoms with van der Waals surface area (Å²) in [7, 11) is 0. The molecule has 1 aromatic rings. The largest absolute Gasteiger partial charge is 0.545 e. The molecular formula is C9H5BrNO6-. The molecule has 0 heterocycles. The summed E-state index contributed by atoms with van der Waals surface area (Å²) in [5, 5.41) is 21.5. The number of hydrogen-bond acceptors (Lipinski definition) is 6. The van der Waals surface area contributed by atoms with Gasteiger partial charge in [0.15, 0.2) is 0 Å². The molecule has 0 amide bonds. The van der Waals surface area contributed by atoms with Crippen molar-refractivity contribution >= 4 is 33.6 Å². The van der Waals surface area contributed by atoms with Crippen LogP contribution in [0.2, 0.25) is 0 Å². The van der Waals surface area contributed by atoms with E-state index in [-0.39, 0.29) is 4.47 Å². The summed E-state index contributed by atoms with van der Waals surface area (Å²) in [6.45, 7) is 1.00. The van der Waals surface area contributed by atoms with Gasteiger partial charge < -0.3 is 14.6 Å². The molecule has 0 aliphatic heterocycles. The first-order valence-corrected chi connectivity index (χ1v) is 5.00. The fourth-order valence-corrected chi connectivity index (χ4v) is 1.56. The molecule has 0 aliphatic rings. The van der Waals surface area contributed by atoms with Crippen LogP contribution in [-0.2, 0) is 4.79 Å². The predicted molar refractivity (Wildman–Crippen MR) is 56.4 cm³/mol. The summed E-state index contributed by atoms with van der Waals surface area (Å²) in [6, 6.07) is 2.09. The number of carbonyl (C=O) groups excluding carboxylic acids is 2. The van der Waals surface area contributed by atoms with Gasteiger partial charge in [-0.2, -0.15) is 0 Å². The molecule has 0 unspecified atom stereocenters. The van der Waals surface area contributed by atoms with Crippen molar-refractivity contribution in [2.75, 3.05) is 0 Å². The van der Waals surface area contributed by atoms with E-state index < -0.39 is 33.9 Å². The van der Waals surface area contributed by atoms with E-state index in [1.807, 2.05) is 0 Å². The standard InChI is InChI=1S/C9H6BrNO6/c1-4(12)17-8-6(9(13)14)2-5(10)3-7(8)11(15)16/h2-3H,1H3,(H,13,14)/p-1. The molecule has 0 aliphatic carbocycles. The molecule has 0 bridgehead atoms. The average molecular weight is 303 g/mol. The molecule has 0 atom stereocenters. The van der Waals surface area contributed by atoms with Crippen molar-refractivity contribution < 1.29 is 24.4 Å². The molecule has 1 rings (SSSR count). The molecule has 1 aromatic carbocycles. The zero-order valence-electron chi connectivity index (χ0n) is 8.43. The molecular weight excluding hydrogens is 298 g/mol. The van der Waals surface area contributed by atoms with Crippen LogP contribution in [-0.4, -0.2) is 16.9 Å². The van der Waals surface area contributed by atoms with E-state index in [1.165, 1.54) is 0 Å². The molecule has 0 radical (unpaired) electrons. The summed E-state index contributed by atoms with van der Waals surface area (Å²) in [5.41, 5.74) is -1.20. The lowest BCUT2D eigenvalue weighted by Crippen LogP contribution is -2.24. The third-order valence-corrected chi connectivity index (χ3v) is 2.15. The summed E-state index contributed by atoms with van der Waals surface area (Å²) in [6.07, 6.45) is 0. The van der Waals surface area contributed by atoms with E-state index in [9.17, 15) is 24.8 Å². The van der Waals surface area contributed by atoms with Crippen molar-refractivity contribution in [3.63, 3.8) is 0 Å². The number of nitro groups is 1. The van der Waals surface area contributed by atoms with Crippen molar-refractivity contribution in [1.82, 2.24) is 0 Å². The Balaban J connectivity index is 3.52. The second kappa shape index (κ2) is 4.91. The Bertz CT molecular complexity index is 477. The van der Waals surface area contributed by atoms with Gasteiger partial charge in [0.2, 0.25) is 5.75 Å². The van der Waals surface area contributed by atoms with E-state index in [2.05, 4.69) is 20.7 Å². The van der Waals surface area contributed by atoms with Crippen LogP contribution in [0.5, 0.6) is 5.75 Å². The summed E-state index contributed by atoms with van der Waals surface area (Å²) >= 11 is 2.91. The number of carboxylic acid groups (broad SMARTS) is 1. The van der Waals surface area contributed by atoms with E-state index in [0.29, 0.717) is 0 Å². The number of nitrogens with zero attached hydrogens (tertiary/aromatic N) is 1. The first-order valence-electron chi connectivity index (χ1n) is 4.20. The first kappa shape index (κ1) is 13.1. The minimum atomic E-state index is -1.68. The highest BCUT2D eigenvalue weighted by atomic mass is 79.9. The van der Waals surface area contributed by atoms with Gasteiger partial charge in [-0.1, -0.05) is 15.9 Å². The van der Waals surface area contributed by atoms with Crippen molar-refractivity contribution in [1.29, 1.82) is 0 Å². The van der Waals surface area contributed by atoms with Gasteiger partial charge in [0.25, 0.3) is 0 Å². The number of hydrogen-bond donors (Lipinski definition) is 0. The maximum absolute atomic E-state index is 10.8. The number of benzene rings is 1. The van der Waals surface area contributed by atoms with Crippen LogP contribution in [0.3, 0.4) is 0 Å². The van der Waals surface area contributed by atoms with Crippen molar-refractivity contribution in [2.24, 2.45) is 0 Å². The molecule has 17 heavy (non-hydrogen) atoms. The van der Waals surface area contributed by atoms with Gasteiger partial charge in [-0.15, -0.1) is 0 Å². The monoisotopic (exact) mass is 302 g/mol. The third kappa shape index (κ3) is 3.00. The Labute approximate surface area is 103 Å². The lowest BCUT2D eigenvalue weighted by atomic mass is 10.1. The van der Waals surface area contributed by atoms with Crippen LogP contribution in [0.25, 0.3) is 0 Å². The van der Waals surface area contributed by atoms with Gasteiger partial charge in [-0.05, 0) is 6.07 Å². The van der Waals surface area contributed by atoms with Crippen molar-refractivity contribution in [2.45, 2.75) is 6.92 Å². The highest BCUT2D eigenvalue weighted by Gasteiger charge is 2.22. The van der Waals surface area contributed by atoms with Crippen molar-refractivity contribution in [3.8, 4) is 5.75 Å². The van der Waals surface area contributed by atoms with Gasteiger partial charge in [-0.25, -0.2) is 0 Å². The highest BCUT2D eigenvalue weighted by molar-refractivity contribution is 9.10. The quantitative estimate of drug-likeness (QED) is 0.351. The van der Waals surface area contributed by atoms with E-state index in [0.717, 1.165) is 19.1 Å². The normalized spacial score (nSPS) is 9.76. The number of rotatable bonds is 3. The summed E-state index contributed by atoms with van der Waals surface area (Å²) in [4.78, 5) is 31.4. The Morgan fingerprint density at radius 3 is 2.41 bits per heavy atom. The van der Waals surface area contributed by atoms with E-state index in [1.54, 1.807) is 0 Å². The zero-order chi connectivity index (χ0) is 13.2. The van der Waals surface area contributed by atoms with Gasteiger partial charge in [0, 0.05) is 23.0 Å². The van der Waals surface area contributed by atoms with Crippen LogP contribution >= 0.6 is 15.9 Å². The lowest BCUT2D eigenvalue weighted by Gasteiger charge is -2.10. The molecule has 0 N–H and O–H groups in total. The molecule has 0 fully saturated rings. The molecule has 0 saturated carbocycles. The Morgan fingerprint density at radius 1 is 1.41 bits per heavy atom. The number of carbonyl (C=O) groups is 2. The highest BCUT2D eigenvalue weighted by Crippen LogP contribution is 2.34. The number of halogens is 1. The second-order valence-electron chi connectivity index (χ2n) is 2.94. The van der Waals surface area contributed by atoms with Crippen LogP contribution in [0, 0.1) is 10.1 Å². The topological polar surface area (TPSA) is 110 Å². The fraction of sp³-hybridized carbons (Fsp3) is 0.111. The number of nitro benzene ring substituents is 1. The van der Waals surface area contributed by atoms with E-state index >= 15 is 0 Å². The first-order chi connectivity index (χ1) is 7.82. The Kier molecular flexibility index (Phi) is 3.79. The second-order valence-corrected chi connectivity index (χ2v) is 3.86. The molecule has 0 aromatic heterocycles. The average Bonchev–Trinajstić information content (AvgIpc) is 2.18. The van der Waals surface area contributed by atoms with Crippen LogP contribution in [0.4, 0.5) is 5.69 Å². The van der Waals surface area contributed by atoms with Crippen molar-refractivity contribution in [3.05, 3.63) is 32.3 Å². The molecule has 0 saturated heterocycles. The Morgan fingerprint density at radius 2 is 2.00 bits per heavy atom. The maximum atomic E-state index is 10.8. The minimum Gasteiger partial charge on any atom is -0.545 e. The van der Waals surface area contributed by atoms with Gasteiger partial charge in [-0.3, -0.25) is 14.9 Å². The third-order valence-electron chi connectivity index (χ3n) is 1.70. The van der Waals surface area contributed by atoms with Crippen LogP contribution < -0.4 is 9.84 Å². The molecule has 7 nitrogen and oxygen atoms in total. The van der Waals surface area contributed by atoms with Crippen LogP contribution in [0.15, 0.2) is 16.6 Å². The predicted octanol–water partition coefficient (Wildman–Crippen LogP) is 0.646. The minimum absolute atomic E-state index is 0.166. The van der Waals surface area contributed by atoms with Crippen LogP contribution in [0.1, 0.15) is 17.3 Å². The number of ether oxygens (including phenoxy) is 1. The molecule has 0 spiro atoms. The Hall–Kier alpha value is -1.96. The summed E-state index contributed by atoms with van der Waals surface area (Å²) < 4.78 is 4.70. The number of carboxylic acids is 1. The summed E-state index contributed by atoms with van der Waals surface area (Å²) in [5.74, 6) is -3.17. The fourth-order valence-electron chi connectivity index (χ4n) is 1.12. The number of esters is 1. The van der Waals surface area contributed by atoms with Gasteiger partial charge >= 0.3 is 11.7 Å². The smallest absolute Gasteiger partial charge is 0.313 e. The maximum Gasteiger partial charge on any atom is 0.313 e. The number of aromatic carboxylic acids is 1. The molecule has 8 heteroatoms. The van der Waals surface area contributed by atoms with E-state index in [4.69, 9.17) is 0 Å². The van der Waals surface area contributed by atoms with Gasteiger partial charge in [0.05, 0.1) is 10.9 Å². The zero-order valence-corrected chi connectivity index (χ0v) is 10.0.